The number of nitrogens with one attached hydrogen (secondary N) is 1. The minimum atomic E-state index is 0.524. The lowest BCUT2D eigenvalue weighted by atomic mass is 10.1. The van der Waals surface area contributed by atoms with Gasteiger partial charge in [-0.25, -0.2) is 4.98 Å². The van der Waals surface area contributed by atoms with Gasteiger partial charge in [-0.15, -0.1) is 0 Å². The van der Waals surface area contributed by atoms with Crippen LogP contribution in [0.3, 0.4) is 0 Å². The van der Waals surface area contributed by atoms with E-state index in [1.807, 2.05) is 6.92 Å². The molecule has 1 atom stereocenters. The van der Waals surface area contributed by atoms with Gasteiger partial charge in [-0.2, -0.15) is 0 Å². The van der Waals surface area contributed by atoms with Crippen LogP contribution in [0.4, 0.5) is 5.82 Å². The number of aryl methyl sites for hydroxylation is 1. The van der Waals surface area contributed by atoms with E-state index in [2.05, 4.69) is 29.1 Å². The van der Waals surface area contributed by atoms with Crippen LogP contribution in [0, 0.1) is 6.92 Å². The smallest absolute Gasteiger partial charge is 0.147 e. The summed E-state index contributed by atoms with van der Waals surface area (Å²) < 4.78 is 0. The molecule has 78 valence electrons. The maximum Gasteiger partial charge on any atom is 0.147 e. The summed E-state index contributed by atoms with van der Waals surface area (Å²) in [6, 6.07) is 0.524. The van der Waals surface area contributed by atoms with E-state index in [0.717, 1.165) is 17.9 Å². The molecule has 0 amide bonds. The Hall–Kier alpha value is -1.12. The Bertz CT molecular complexity index is 273. The van der Waals surface area contributed by atoms with Gasteiger partial charge in [0, 0.05) is 18.4 Å². The van der Waals surface area contributed by atoms with E-state index in [4.69, 9.17) is 0 Å². The molecule has 0 aromatic carbocycles. The predicted molar refractivity (Wildman–Crippen MR) is 59.4 cm³/mol. The van der Waals surface area contributed by atoms with Gasteiger partial charge in [-0.1, -0.05) is 20.3 Å². The minimum absolute atomic E-state index is 0.524. The summed E-state index contributed by atoms with van der Waals surface area (Å²) in [4.78, 5) is 8.48. The summed E-state index contributed by atoms with van der Waals surface area (Å²) >= 11 is 0. The molecule has 1 unspecified atom stereocenters. The fourth-order valence-corrected chi connectivity index (χ4v) is 1.47. The lowest BCUT2D eigenvalue weighted by Crippen LogP contribution is -2.19. The van der Waals surface area contributed by atoms with Gasteiger partial charge in [0.25, 0.3) is 0 Å². The molecule has 0 aliphatic heterocycles. The maximum atomic E-state index is 4.27. The van der Waals surface area contributed by atoms with Gasteiger partial charge in [0.15, 0.2) is 0 Å². The van der Waals surface area contributed by atoms with Crippen molar-refractivity contribution in [3.63, 3.8) is 0 Å². The van der Waals surface area contributed by atoms with Gasteiger partial charge in [-0.3, -0.25) is 4.98 Å². The second-order valence-corrected chi connectivity index (χ2v) is 3.53. The van der Waals surface area contributed by atoms with Gasteiger partial charge in [0.2, 0.25) is 0 Å². The molecule has 1 heterocycles. The van der Waals surface area contributed by atoms with E-state index in [9.17, 15) is 0 Å². The quantitative estimate of drug-likeness (QED) is 0.781. The summed E-state index contributed by atoms with van der Waals surface area (Å²) in [5.41, 5.74) is 0.974. The van der Waals surface area contributed by atoms with E-state index < -0.39 is 0 Å². The van der Waals surface area contributed by atoms with Crippen LogP contribution in [-0.4, -0.2) is 16.0 Å². The Morgan fingerprint density at radius 3 is 2.57 bits per heavy atom. The third kappa shape index (κ3) is 2.98. The van der Waals surface area contributed by atoms with Crippen molar-refractivity contribution in [2.45, 2.75) is 46.1 Å². The van der Waals surface area contributed by atoms with Gasteiger partial charge in [0.05, 0.1) is 5.69 Å². The Morgan fingerprint density at radius 1 is 1.29 bits per heavy atom. The molecule has 0 saturated heterocycles. The minimum Gasteiger partial charge on any atom is -0.366 e. The highest BCUT2D eigenvalue weighted by Crippen LogP contribution is 2.12. The lowest BCUT2D eigenvalue weighted by molar-refractivity contribution is 0.619. The molecule has 0 spiro atoms. The highest BCUT2D eigenvalue weighted by atomic mass is 15.0. The number of hydrogen-bond donors (Lipinski definition) is 1. The van der Waals surface area contributed by atoms with Crippen molar-refractivity contribution in [3.05, 3.63) is 18.1 Å². The van der Waals surface area contributed by atoms with E-state index in [1.54, 1.807) is 12.4 Å². The third-order valence-electron chi connectivity index (χ3n) is 2.35. The molecule has 1 aromatic rings. The van der Waals surface area contributed by atoms with Crippen molar-refractivity contribution in [2.24, 2.45) is 0 Å². The number of rotatable bonds is 5. The molecule has 0 bridgehead atoms. The normalized spacial score (nSPS) is 12.5. The van der Waals surface area contributed by atoms with Gasteiger partial charge in [0.1, 0.15) is 5.82 Å². The van der Waals surface area contributed by atoms with Crippen LogP contribution in [0.15, 0.2) is 12.4 Å². The first-order valence-corrected chi connectivity index (χ1v) is 5.32. The predicted octanol–water partition coefficient (Wildman–Crippen LogP) is 2.78. The van der Waals surface area contributed by atoms with Gasteiger partial charge < -0.3 is 5.32 Å². The van der Waals surface area contributed by atoms with Crippen LogP contribution >= 0.6 is 0 Å². The molecule has 0 saturated carbocycles. The fraction of sp³-hybridized carbons (Fsp3) is 0.636. The zero-order valence-corrected chi connectivity index (χ0v) is 9.25. The Balaban J connectivity index is 2.62. The summed E-state index contributed by atoms with van der Waals surface area (Å²) in [6.07, 6.45) is 6.97. The fourth-order valence-electron chi connectivity index (χ4n) is 1.47. The molecule has 14 heavy (non-hydrogen) atoms. The molecule has 3 heteroatoms. The molecular weight excluding hydrogens is 174 g/mol. The van der Waals surface area contributed by atoms with E-state index in [-0.39, 0.29) is 0 Å². The monoisotopic (exact) mass is 193 g/mol. The van der Waals surface area contributed by atoms with Crippen LogP contribution in [0.1, 0.15) is 38.8 Å². The Morgan fingerprint density at radius 2 is 2.00 bits per heavy atom. The average Bonchev–Trinajstić information content (AvgIpc) is 2.20. The first-order chi connectivity index (χ1) is 6.77. The number of hydrogen-bond acceptors (Lipinski definition) is 3. The molecule has 1 N–H and O–H groups in total. The van der Waals surface area contributed by atoms with E-state index in [0.29, 0.717) is 6.04 Å². The first kappa shape index (κ1) is 11.0. The molecular formula is C11H19N3. The summed E-state index contributed by atoms with van der Waals surface area (Å²) in [5, 5.41) is 3.42. The standard InChI is InChI=1S/C11H19N3/c1-4-6-10(5-2)14-11-9(3)12-7-8-13-11/h7-8,10H,4-6H2,1-3H3,(H,13,14). The van der Waals surface area contributed by atoms with E-state index >= 15 is 0 Å². The number of nitrogens with zero attached hydrogens (tertiary/aromatic N) is 2. The van der Waals surface area contributed by atoms with E-state index in [1.165, 1.54) is 12.8 Å². The van der Waals surface area contributed by atoms with Gasteiger partial charge in [-0.05, 0) is 19.8 Å². The highest BCUT2D eigenvalue weighted by Gasteiger charge is 2.07. The molecule has 0 aliphatic carbocycles. The summed E-state index contributed by atoms with van der Waals surface area (Å²) in [7, 11) is 0. The summed E-state index contributed by atoms with van der Waals surface area (Å²) in [6.45, 7) is 6.38. The lowest BCUT2D eigenvalue weighted by Gasteiger charge is -2.17. The van der Waals surface area contributed by atoms with Crippen molar-refractivity contribution in [1.82, 2.24) is 9.97 Å². The zero-order valence-electron chi connectivity index (χ0n) is 9.25. The van der Waals surface area contributed by atoms with Crippen LogP contribution in [-0.2, 0) is 0 Å². The maximum absolute atomic E-state index is 4.27. The third-order valence-corrected chi connectivity index (χ3v) is 2.35. The molecule has 0 fully saturated rings. The van der Waals surface area contributed by atoms with Crippen LogP contribution in [0.2, 0.25) is 0 Å². The van der Waals surface area contributed by atoms with Gasteiger partial charge >= 0.3 is 0 Å². The van der Waals surface area contributed by atoms with Crippen LogP contribution in [0.5, 0.6) is 0 Å². The van der Waals surface area contributed by atoms with Crippen molar-refractivity contribution >= 4 is 5.82 Å². The Kier molecular flexibility index (Phi) is 4.36. The van der Waals surface area contributed by atoms with Crippen LogP contribution < -0.4 is 5.32 Å². The van der Waals surface area contributed by atoms with Crippen molar-refractivity contribution in [3.8, 4) is 0 Å². The highest BCUT2D eigenvalue weighted by molar-refractivity contribution is 5.39. The number of aromatic nitrogens is 2. The first-order valence-electron chi connectivity index (χ1n) is 5.32. The zero-order chi connectivity index (χ0) is 10.4. The molecule has 0 aliphatic rings. The van der Waals surface area contributed by atoms with Crippen molar-refractivity contribution in [2.75, 3.05) is 5.32 Å². The molecule has 3 nitrogen and oxygen atoms in total. The molecule has 1 aromatic heterocycles. The topological polar surface area (TPSA) is 37.8 Å². The number of anilines is 1. The second-order valence-electron chi connectivity index (χ2n) is 3.53. The van der Waals surface area contributed by atoms with Crippen LogP contribution in [0.25, 0.3) is 0 Å². The molecule has 0 radical (unpaired) electrons. The molecule has 1 rings (SSSR count). The van der Waals surface area contributed by atoms with Crippen molar-refractivity contribution in [1.29, 1.82) is 0 Å². The SMILES string of the molecule is CCCC(CC)Nc1nccnc1C. The summed E-state index contributed by atoms with van der Waals surface area (Å²) in [5.74, 6) is 0.924. The average molecular weight is 193 g/mol. The largest absolute Gasteiger partial charge is 0.366 e. The second kappa shape index (κ2) is 5.58. The Labute approximate surface area is 86.0 Å². The van der Waals surface area contributed by atoms with Crippen molar-refractivity contribution < 1.29 is 0 Å².